The zero-order chi connectivity index (χ0) is 21.5. The van der Waals surface area contributed by atoms with E-state index in [0.29, 0.717) is 28.8 Å². The van der Waals surface area contributed by atoms with Crippen LogP contribution in [0.25, 0.3) is 11.3 Å². The first-order valence-corrected chi connectivity index (χ1v) is 9.77. The van der Waals surface area contributed by atoms with Gasteiger partial charge in [-0.25, -0.2) is 4.98 Å². The summed E-state index contributed by atoms with van der Waals surface area (Å²) in [5, 5.41) is 0.636. The van der Waals surface area contributed by atoms with Gasteiger partial charge in [-0.15, -0.1) is 0 Å². The summed E-state index contributed by atoms with van der Waals surface area (Å²) >= 11 is 5.88. The van der Waals surface area contributed by atoms with E-state index in [-0.39, 0.29) is 18.9 Å². The lowest BCUT2D eigenvalue weighted by molar-refractivity contribution is -0.130. The Morgan fingerprint density at radius 1 is 1.03 bits per heavy atom. The van der Waals surface area contributed by atoms with Crippen LogP contribution in [0.5, 0.6) is 5.75 Å². The SMILES string of the molecule is Cc1cccc(C)c1OCC(=O)NNC(=O)CCc1ncc(-c2ccc(Cl)cc2)o1. The molecule has 0 fully saturated rings. The van der Waals surface area contributed by atoms with Gasteiger partial charge in [0.05, 0.1) is 6.20 Å². The number of oxazole rings is 1. The molecule has 30 heavy (non-hydrogen) atoms. The number of halogens is 1. The predicted molar refractivity (Wildman–Crippen MR) is 113 cm³/mol. The van der Waals surface area contributed by atoms with Gasteiger partial charge in [-0.2, -0.15) is 0 Å². The van der Waals surface area contributed by atoms with Crippen molar-refractivity contribution in [2.75, 3.05) is 6.61 Å². The Morgan fingerprint density at radius 3 is 2.40 bits per heavy atom. The van der Waals surface area contributed by atoms with E-state index >= 15 is 0 Å². The topological polar surface area (TPSA) is 93.5 Å². The maximum Gasteiger partial charge on any atom is 0.276 e. The second kappa shape index (κ2) is 9.93. The van der Waals surface area contributed by atoms with E-state index < -0.39 is 5.91 Å². The standard InChI is InChI=1S/C22H22ClN3O4/c1-14-4-3-5-15(2)22(14)29-13-20(28)26-25-19(27)10-11-21-24-12-18(30-21)16-6-8-17(23)9-7-16/h3-9,12H,10-11,13H2,1-2H3,(H,25,27)(H,26,28). The number of rotatable bonds is 7. The average Bonchev–Trinajstić information content (AvgIpc) is 3.20. The molecule has 0 aliphatic carbocycles. The minimum atomic E-state index is -0.452. The highest BCUT2D eigenvalue weighted by Crippen LogP contribution is 2.23. The number of nitrogens with one attached hydrogen (secondary N) is 2. The maximum absolute atomic E-state index is 12.0. The van der Waals surface area contributed by atoms with Crippen LogP contribution in [0.2, 0.25) is 5.02 Å². The second-order valence-corrected chi connectivity index (χ2v) is 7.17. The largest absolute Gasteiger partial charge is 0.483 e. The molecule has 0 unspecified atom stereocenters. The van der Waals surface area contributed by atoms with Gasteiger partial charge in [0.2, 0.25) is 5.91 Å². The van der Waals surface area contributed by atoms with Crippen LogP contribution >= 0.6 is 11.6 Å². The minimum absolute atomic E-state index is 0.110. The van der Waals surface area contributed by atoms with E-state index in [9.17, 15) is 9.59 Å². The minimum Gasteiger partial charge on any atom is -0.483 e. The van der Waals surface area contributed by atoms with Gasteiger partial charge in [0.15, 0.2) is 18.3 Å². The predicted octanol–water partition coefficient (Wildman–Crippen LogP) is 3.77. The van der Waals surface area contributed by atoms with E-state index in [2.05, 4.69) is 15.8 Å². The Kier molecular flexibility index (Phi) is 7.08. The molecule has 156 valence electrons. The number of carbonyl (C=O) groups is 2. The van der Waals surface area contributed by atoms with E-state index in [1.54, 1.807) is 18.3 Å². The fourth-order valence-electron chi connectivity index (χ4n) is 2.80. The summed E-state index contributed by atoms with van der Waals surface area (Å²) in [6.45, 7) is 3.61. The quantitative estimate of drug-likeness (QED) is 0.560. The lowest BCUT2D eigenvalue weighted by Gasteiger charge is -2.12. The number of benzene rings is 2. The lowest BCUT2D eigenvalue weighted by Crippen LogP contribution is -2.44. The van der Waals surface area contributed by atoms with Gasteiger partial charge in [-0.05, 0) is 49.2 Å². The summed E-state index contributed by atoms with van der Waals surface area (Å²) in [4.78, 5) is 28.1. The molecule has 0 atom stereocenters. The van der Waals surface area contributed by atoms with Crippen molar-refractivity contribution >= 4 is 23.4 Å². The fourth-order valence-corrected chi connectivity index (χ4v) is 2.92. The highest BCUT2D eigenvalue weighted by Gasteiger charge is 2.11. The fraction of sp³-hybridized carbons (Fsp3) is 0.227. The van der Waals surface area contributed by atoms with Crippen LogP contribution in [0.15, 0.2) is 53.1 Å². The number of nitrogens with zero attached hydrogens (tertiary/aromatic N) is 1. The molecule has 3 rings (SSSR count). The third-order valence-electron chi connectivity index (χ3n) is 4.35. The second-order valence-electron chi connectivity index (χ2n) is 6.73. The molecule has 0 spiro atoms. The Hall–Kier alpha value is -3.32. The molecular weight excluding hydrogens is 406 g/mol. The van der Waals surface area contributed by atoms with Gasteiger partial charge in [0.1, 0.15) is 5.75 Å². The van der Waals surface area contributed by atoms with Gasteiger partial charge >= 0.3 is 0 Å². The van der Waals surface area contributed by atoms with Gasteiger partial charge in [-0.3, -0.25) is 20.4 Å². The van der Waals surface area contributed by atoms with Crippen molar-refractivity contribution in [1.29, 1.82) is 0 Å². The summed E-state index contributed by atoms with van der Waals surface area (Å²) in [5.74, 6) is 0.881. The number of amides is 2. The molecule has 0 saturated carbocycles. The van der Waals surface area contributed by atoms with E-state index in [1.165, 1.54) is 0 Å². The molecule has 0 aliphatic heterocycles. The van der Waals surface area contributed by atoms with Crippen LogP contribution in [0.4, 0.5) is 0 Å². The van der Waals surface area contributed by atoms with Crippen molar-refractivity contribution in [3.8, 4) is 17.1 Å². The molecule has 7 nitrogen and oxygen atoms in total. The van der Waals surface area contributed by atoms with Crippen molar-refractivity contribution in [1.82, 2.24) is 15.8 Å². The molecule has 8 heteroatoms. The Bertz CT molecular complexity index is 1010. The monoisotopic (exact) mass is 427 g/mol. The maximum atomic E-state index is 12.0. The third-order valence-corrected chi connectivity index (χ3v) is 4.60. The normalized spacial score (nSPS) is 10.5. The molecule has 2 amide bonds. The summed E-state index contributed by atoms with van der Waals surface area (Å²) < 4.78 is 11.2. The highest BCUT2D eigenvalue weighted by atomic mass is 35.5. The number of carbonyl (C=O) groups excluding carboxylic acids is 2. The third kappa shape index (κ3) is 5.84. The number of aryl methyl sites for hydroxylation is 3. The first-order chi connectivity index (χ1) is 14.4. The first-order valence-electron chi connectivity index (χ1n) is 9.39. The van der Waals surface area contributed by atoms with Crippen LogP contribution in [0, 0.1) is 13.8 Å². The van der Waals surface area contributed by atoms with Crippen molar-refractivity contribution < 1.29 is 18.7 Å². The number of aromatic nitrogens is 1. The molecule has 3 aromatic rings. The van der Waals surface area contributed by atoms with E-state index in [1.807, 2.05) is 44.2 Å². The van der Waals surface area contributed by atoms with Crippen molar-refractivity contribution in [2.24, 2.45) is 0 Å². The Balaban J connectivity index is 1.41. The molecule has 0 saturated heterocycles. The van der Waals surface area contributed by atoms with Crippen LogP contribution in [0.1, 0.15) is 23.4 Å². The number of ether oxygens (including phenoxy) is 1. The molecule has 2 N–H and O–H groups in total. The summed E-state index contributed by atoms with van der Waals surface area (Å²) in [7, 11) is 0. The van der Waals surface area contributed by atoms with E-state index in [0.717, 1.165) is 16.7 Å². The summed E-state index contributed by atoms with van der Waals surface area (Å²) in [5.41, 5.74) is 7.42. The first kappa shape index (κ1) is 21.4. The zero-order valence-electron chi connectivity index (χ0n) is 16.7. The summed E-state index contributed by atoms with van der Waals surface area (Å²) in [6.07, 6.45) is 2.01. The van der Waals surface area contributed by atoms with Crippen LogP contribution in [0.3, 0.4) is 0 Å². The van der Waals surface area contributed by atoms with Crippen molar-refractivity contribution in [2.45, 2.75) is 26.7 Å². The molecule has 0 bridgehead atoms. The summed E-state index contributed by atoms with van der Waals surface area (Å²) in [6, 6.07) is 12.9. The molecular formula is C22H22ClN3O4. The highest BCUT2D eigenvalue weighted by molar-refractivity contribution is 6.30. The van der Waals surface area contributed by atoms with Gasteiger partial charge in [0.25, 0.3) is 5.91 Å². The Morgan fingerprint density at radius 2 is 1.70 bits per heavy atom. The zero-order valence-corrected chi connectivity index (χ0v) is 17.5. The van der Waals surface area contributed by atoms with Crippen molar-refractivity contribution in [3.05, 3.63) is 70.7 Å². The van der Waals surface area contributed by atoms with Gasteiger partial charge in [-0.1, -0.05) is 29.8 Å². The van der Waals surface area contributed by atoms with Crippen molar-refractivity contribution in [3.63, 3.8) is 0 Å². The molecule has 0 radical (unpaired) electrons. The number of hydrazine groups is 1. The van der Waals surface area contributed by atoms with E-state index in [4.69, 9.17) is 20.8 Å². The number of hydrogen-bond acceptors (Lipinski definition) is 5. The number of hydrogen-bond donors (Lipinski definition) is 2. The van der Waals surface area contributed by atoms with Gasteiger partial charge in [0, 0.05) is 23.4 Å². The average molecular weight is 428 g/mol. The molecule has 1 heterocycles. The smallest absolute Gasteiger partial charge is 0.276 e. The molecule has 1 aromatic heterocycles. The number of para-hydroxylation sites is 1. The lowest BCUT2D eigenvalue weighted by atomic mass is 10.1. The Labute approximate surface area is 179 Å². The van der Waals surface area contributed by atoms with Crippen LogP contribution < -0.4 is 15.6 Å². The molecule has 2 aromatic carbocycles. The van der Waals surface area contributed by atoms with Gasteiger partial charge < -0.3 is 9.15 Å². The molecule has 0 aliphatic rings. The van der Waals surface area contributed by atoms with Crippen LogP contribution in [-0.4, -0.2) is 23.4 Å². The van der Waals surface area contributed by atoms with Crippen LogP contribution in [-0.2, 0) is 16.0 Å².